The molecule has 1 fully saturated rings. The molecule has 30 heavy (non-hydrogen) atoms. The van der Waals surface area contributed by atoms with Crippen LogP contribution >= 0.6 is 11.6 Å². The SMILES string of the molecule is CNC(=O)c1cccc(NC(=O)c2ccc(Cl)c(S(=O)(=O)N3CCCCC3)c2)c1C. The Morgan fingerprint density at radius 3 is 2.40 bits per heavy atom. The van der Waals surface area contributed by atoms with Crippen LogP contribution in [0.1, 0.15) is 45.5 Å². The van der Waals surface area contributed by atoms with Gasteiger partial charge in [-0.05, 0) is 55.7 Å². The molecule has 1 heterocycles. The standard InChI is InChI=1S/C21H24ClN3O4S/c1-14-16(21(27)23-2)7-6-8-18(14)24-20(26)15-9-10-17(22)19(13-15)30(28,29)25-11-4-3-5-12-25/h6-10,13H,3-5,11-12H2,1-2H3,(H,23,27)(H,24,26). The molecule has 1 aliphatic rings. The van der Waals surface area contributed by atoms with Crippen LogP contribution in [0.3, 0.4) is 0 Å². The summed E-state index contributed by atoms with van der Waals surface area (Å²) < 4.78 is 27.4. The van der Waals surface area contributed by atoms with Crippen molar-refractivity contribution in [1.29, 1.82) is 0 Å². The lowest BCUT2D eigenvalue weighted by Gasteiger charge is -2.26. The average molecular weight is 450 g/mol. The van der Waals surface area contributed by atoms with Gasteiger partial charge in [0, 0.05) is 37.0 Å². The molecule has 0 saturated carbocycles. The lowest BCUT2D eigenvalue weighted by Crippen LogP contribution is -2.35. The highest BCUT2D eigenvalue weighted by molar-refractivity contribution is 7.89. The van der Waals surface area contributed by atoms with Gasteiger partial charge in [-0.25, -0.2) is 8.42 Å². The maximum Gasteiger partial charge on any atom is 0.255 e. The van der Waals surface area contributed by atoms with Crippen molar-refractivity contribution in [3.8, 4) is 0 Å². The van der Waals surface area contributed by atoms with E-state index >= 15 is 0 Å². The molecule has 2 aromatic carbocycles. The second kappa shape index (κ2) is 9.16. The molecule has 1 saturated heterocycles. The minimum absolute atomic E-state index is 0.0745. The molecule has 0 unspecified atom stereocenters. The number of hydrogen-bond donors (Lipinski definition) is 2. The molecule has 0 spiro atoms. The highest BCUT2D eigenvalue weighted by Crippen LogP contribution is 2.28. The second-order valence-electron chi connectivity index (χ2n) is 7.12. The molecule has 0 aliphatic carbocycles. The van der Waals surface area contributed by atoms with Crippen LogP contribution in [0.4, 0.5) is 5.69 Å². The molecule has 2 N–H and O–H groups in total. The van der Waals surface area contributed by atoms with Gasteiger partial charge in [0.05, 0.1) is 5.02 Å². The van der Waals surface area contributed by atoms with Gasteiger partial charge < -0.3 is 10.6 Å². The van der Waals surface area contributed by atoms with E-state index in [0.29, 0.717) is 29.9 Å². The first-order valence-corrected chi connectivity index (χ1v) is 11.5. The zero-order valence-electron chi connectivity index (χ0n) is 16.9. The first-order valence-electron chi connectivity index (χ1n) is 9.68. The summed E-state index contributed by atoms with van der Waals surface area (Å²) in [5.74, 6) is -0.746. The van der Waals surface area contributed by atoms with Crippen LogP contribution in [0.5, 0.6) is 0 Å². The number of anilines is 1. The Labute approximate surface area is 181 Å². The number of carbonyl (C=O) groups excluding carboxylic acids is 2. The number of carbonyl (C=O) groups is 2. The van der Waals surface area contributed by atoms with Crippen molar-refractivity contribution < 1.29 is 18.0 Å². The van der Waals surface area contributed by atoms with Crippen molar-refractivity contribution in [2.45, 2.75) is 31.1 Å². The number of amides is 2. The van der Waals surface area contributed by atoms with Gasteiger partial charge in [-0.1, -0.05) is 24.1 Å². The second-order valence-corrected chi connectivity index (χ2v) is 9.43. The van der Waals surface area contributed by atoms with Gasteiger partial charge in [0.2, 0.25) is 10.0 Å². The highest BCUT2D eigenvalue weighted by Gasteiger charge is 2.29. The number of sulfonamides is 1. The molecule has 1 aliphatic heterocycles. The smallest absolute Gasteiger partial charge is 0.255 e. The Kier molecular flexibility index (Phi) is 6.80. The van der Waals surface area contributed by atoms with E-state index in [1.807, 2.05) is 0 Å². The maximum atomic E-state index is 13.0. The molecular weight excluding hydrogens is 426 g/mol. The van der Waals surface area contributed by atoms with Gasteiger partial charge in [0.1, 0.15) is 4.90 Å². The number of halogens is 1. The Hall–Kier alpha value is -2.42. The summed E-state index contributed by atoms with van der Waals surface area (Å²) in [5.41, 5.74) is 1.69. The Bertz CT molecular complexity index is 1080. The largest absolute Gasteiger partial charge is 0.355 e. The number of piperidine rings is 1. The van der Waals surface area contributed by atoms with Gasteiger partial charge in [0.15, 0.2) is 0 Å². The van der Waals surface area contributed by atoms with Crippen LogP contribution in [0.15, 0.2) is 41.3 Å². The molecule has 0 bridgehead atoms. The van der Waals surface area contributed by atoms with Crippen molar-refractivity contribution in [3.05, 3.63) is 58.1 Å². The summed E-state index contributed by atoms with van der Waals surface area (Å²) in [5, 5.41) is 5.39. The minimum Gasteiger partial charge on any atom is -0.355 e. The fourth-order valence-electron chi connectivity index (χ4n) is 3.43. The zero-order chi connectivity index (χ0) is 21.9. The lowest BCUT2D eigenvalue weighted by molar-refractivity contribution is 0.0960. The number of benzene rings is 2. The van der Waals surface area contributed by atoms with Gasteiger partial charge in [-0.2, -0.15) is 4.31 Å². The summed E-state index contributed by atoms with van der Waals surface area (Å²) in [7, 11) is -2.25. The monoisotopic (exact) mass is 449 g/mol. The Balaban J connectivity index is 1.90. The molecule has 0 radical (unpaired) electrons. The Morgan fingerprint density at radius 1 is 1.03 bits per heavy atom. The van der Waals surface area contributed by atoms with Crippen molar-refractivity contribution in [2.24, 2.45) is 0 Å². The summed E-state index contributed by atoms with van der Waals surface area (Å²) in [6.07, 6.45) is 2.60. The molecule has 160 valence electrons. The van der Waals surface area contributed by atoms with Crippen molar-refractivity contribution in [1.82, 2.24) is 9.62 Å². The molecule has 0 aromatic heterocycles. The summed E-state index contributed by atoms with van der Waals surface area (Å²) in [6.45, 7) is 2.62. The van der Waals surface area contributed by atoms with Gasteiger partial charge in [-0.3, -0.25) is 9.59 Å². The van der Waals surface area contributed by atoms with E-state index in [-0.39, 0.29) is 21.4 Å². The van der Waals surface area contributed by atoms with Gasteiger partial charge in [0.25, 0.3) is 11.8 Å². The molecular formula is C21H24ClN3O4S. The van der Waals surface area contributed by atoms with Crippen molar-refractivity contribution >= 4 is 39.1 Å². The normalized spacial score (nSPS) is 14.9. The van der Waals surface area contributed by atoms with Crippen LogP contribution in [-0.2, 0) is 10.0 Å². The summed E-state index contributed by atoms with van der Waals surface area (Å²) in [6, 6.07) is 9.21. The first kappa shape index (κ1) is 22.3. The fraction of sp³-hybridized carbons (Fsp3) is 0.333. The number of rotatable bonds is 5. The van der Waals surface area contributed by atoms with E-state index in [9.17, 15) is 18.0 Å². The van der Waals surface area contributed by atoms with Crippen LogP contribution in [0.25, 0.3) is 0 Å². The summed E-state index contributed by atoms with van der Waals surface area (Å²) in [4.78, 5) is 24.7. The maximum absolute atomic E-state index is 13.0. The highest BCUT2D eigenvalue weighted by atomic mass is 35.5. The van der Waals surface area contributed by atoms with E-state index in [1.54, 1.807) is 25.1 Å². The third-order valence-electron chi connectivity index (χ3n) is 5.18. The van der Waals surface area contributed by atoms with Crippen LogP contribution < -0.4 is 10.6 Å². The van der Waals surface area contributed by atoms with Crippen LogP contribution in [0, 0.1) is 6.92 Å². The molecule has 9 heteroatoms. The fourth-order valence-corrected chi connectivity index (χ4v) is 5.45. The number of nitrogens with one attached hydrogen (secondary N) is 2. The van der Waals surface area contributed by atoms with Gasteiger partial charge >= 0.3 is 0 Å². The summed E-state index contributed by atoms with van der Waals surface area (Å²) >= 11 is 6.18. The quantitative estimate of drug-likeness (QED) is 0.730. The number of hydrogen-bond acceptors (Lipinski definition) is 4. The van der Waals surface area contributed by atoms with E-state index in [1.165, 1.54) is 29.6 Å². The average Bonchev–Trinajstić information content (AvgIpc) is 2.75. The molecule has 0 atom stereocenters. The van der Waals surface area contributed by atoms with Crippen molar-refractivity contribution in [2.75, 3.05) is 25.5 Å². The van der Waals surface area contributed by atoms with Crippen LogP contribution in [0.2, 0.25) is 5.02 Å². The molecule has 2 aromatic rings. The third kappa shape index (κ3) is 4.50. The lowest BCUT2D eigenvalue weighted by atomic mass is 10.1. The topological polar surface area (TPSA) is 95.6 Å². The predicted octanol–water partition coefficient (Wildman–Crippen LogP) is 3.43. The predicted molar refractivity (Wildman–Crippen MR) is 117 cm³/mol. The Morgan fingerprint density at radius 2 is 1.73 bits per heavy atom. The number of nitrogens with zero attached hydrogens (tertiary/aromatic N) is 1. The minimum atomic E-state index is -3.78. The molecule has 7 nitrogen and oxygen atoms in total. The van der Waals surface area contributed by atoms with E-state index in [2.05, 4.69) is 10.6 Å². The van der Waals surface area contributed by atoms with Crippen LogP contribution in [-0.4, -0.2) is 44.7 Å². The van der Waals surface area contributed by atoms with E-state index in [0.717, 1.165) is 19.3 Å². The molecule has 3 rings (SSSR count). The third-order valence-corrected chi connectivity index (χ3v) is 7.56. The first-order chi connectivity index (χ1) is 14.3. The zero-order valence-corrected chi connectivity index (χ0v) is 18.4. The molecule has 2 amide bonds. The van der Waals surface area contributed by atoms with Gasteiger partial charge in [-0.15, -0.1) is 0 Å². The van der Waals surface area contributed by atoms with E-state index in [4.69, 9.17) is 11.6 Å². The van der Waals surface area contributed by atoms with Crippen molar-refractivity contribution in [3.63, 3.8) is 0 Å². The van der Waals surface area contributed by atoms with E-state index < -0.39 is 15.9 Å².